The first-order valence-electron chi connectivity index (χ1n) is 9.30. The van der Waals surface area contributed by atoms with Gasteiger partial charge in [0, 0.05) is 32.6 Å². The van der Waals surface area contributed by atoms with Gasteiger partial charge in [-0.25, -0.2) is 0 Å². The molecule has 2 amide bonds. The Kier molecular flexibility index (Phi) is 8.51. The minimum absolute atomic E-state index is 0. The highest BCUT2D eigenvalue weighted by Gasteiger charge is 2.33. The molecule has 1 aliphatic heterocycles. The van der Waals surface area contributed by atoms with Gasteiger partial charge >= 0.3 is 0 Å². The normalized spacial score (nSPS) is 21.8. The summed E-state index contributed by atoms with van der Waals surface area (Å²) in [6, 6.07) is 0. The largest absolute Gasteiger partial charge is 0.341 e. The van der Waals surface area contributed by atoms with Crippen LogP contribution in [0.25, 0.3) is 0 Å². The third-order valence-electron chi connectivity index (χ3n) is 5.33. The molecule has 1 saturated heterocycles. The van der Waals surface area contributed by atoms with Crippen LogP contribution in [-0.4, -0.2) is 53.3 Å². The molecule has 1 atom stereocenters. The van der Waals surface area contributed by atoms with Crippen molar-refractivity contribution in [1.82, 2.24) is 9.80 Å². The van der Waals surface area contributed by atoms with Crippen molar-refractivity contribution in [3.63, 3.8) is 0 Å². The Balaban J connectivity index is 0.00000288. The highest BCUT2D eigenvalue weighted by atomic mass is 35.5. The molecule has 0 aromatic carbocycles. The highest BCUT2D eigenvalue weighted by Crippen LogP contribution is 2.28. The lowest BCUT2D eigenvalue weighted by molar-refractivity contribution is -0.137. The number of nitrogens with two attached hydrogens (primary N) is 1. The van der Waals surface area contributed by atoms with Crippen molar-refractivity contribution in [2.24, 2.45) is 11.7 Å². The predicted octanol–water partition coefficient (Wildman–Crippen LogP) is 2.57. The number of halogens is 1. The first-order valence-corrected chi connectivity index (χ1v) is 9.30. The summed E-state index contributed by atoms with van der Waals surface area (Å²) in [5.41, 5.74) is 5.40. The van der Waals surface area contributed by atoms with Gasteiger partial charge in [0.05, 0.1) is 5.54 Å². The zero-order chi connectivity index (χ0) is 16.9. The molecule has 0 aromatic rings. The van der Waals surface area contributed by atoms with Crippen LogP contribution in [-0.2, 0) is 9.59 Å². The zero-order valence-corrected chi connectivity index (χ0v) is 16.1. The molecule has 1 aliphatic carbocycles. The molecule has 24 heavy (non-hydrogen) atoms. The Labute approximate surface area is 152 Å². The highest BCUT2D eigenvalue weighted by molar-refractivity contribution is 5.86. The summed E-state index contributed by atoms with van der Waals surface area (Å²) in [5, 5.41) is 0. The van der Waals surface area contributed by atoms with Crippen LogP contribution < -0.4 is 5.73 Å². The lowest BCUT2D eigenvalue weighted by Gasteiger charge is -2.31. The quantitative estimate of drug-likeness (QED) is 0.820. The Morgan fingerprint density at radius 2 is 1.62 bits per heavy atom. The molecule has 0 spiro atoms. The Morgan fingerprint density at radius 3 is 2.25 bits per heavy atom. The van der Waals surface area contributed by atoms with E-state index in [1.54, 1.807) is 0 Å². The van der Waals surface area contributed by atoms with E-state index in [4.69, 9.17) is 5.73 Å². The summed E-state index contributed by atoms with van der Waals surface area (Å²) in [6.07, 6.45) is 8.09. The first-order chi connectivity index (χ1) is 10.9. The van der Waals surface area contributed by atoms with Gasteiger partial charge in [-0.3, -0.25) is 9.59 Å². The van der Waals surface area contributed by atoms with Gasteiger partial charge in [0.25, 0.3) is 0 Å². The molecule has 2 rings (SSSR count). The van der Waals surface area contributed by atoms with E-state index in [-0.39, 0.29) is 24.2 Å². The molecule has 5 nitrogen and oxygen atoms in total. The molecule has 0 radical (unpaired) electrons. The smallest absolute Gasteiger partial charge is 0.242 e. The molecule has 1 unspecified atom stereocenters. The van der Waals surface area contributed by atoms with Crippen LogP contribution in [0.1, 0.15) is 65.2 Å². The van der Waals surface area contributed by atoms with E-state index >= 15 is 0 Å². The Bertz CT molecular complexity index is 422. The molecule has 140 valence electrons. The molecular weight excluding hydrogens is 326 g/mol. The van der Waals surface area contributed by atoms with E-state index < -0.39 is 5.54 Å². The second-order valence-electron chi connectivity index (χ2n) is 7.55. The number of rotatable bonds is 5. The van der Waals surface area contributed by atoms with Gasteiger partial charge in [-0.05, 0) is 38.5 Å². The Hall–Kier alpha value is -0.810. The lowest BCUT2D eigenvalue weighted by atomic mass is 9.95. The van der Waals surface area contributed by atoms with E-state index in [1.807, 2.05) is 23.6 Å². The van der Waals surface area contributed by atoms with Crippen molar-refractivity contribution in [1.29, 1.82) is 0 Å². The van der Waals surface area contributed by atoms with Crippen molar-refractivity contribution < 1.29 is 9.59 Å². The first kappa shape index (κ1) is 21.2. The second-order valence-corrected chi connectivity index (χ2v) is 7.55. The van der Waals surface area contributed by atoms with E-state index in [9.17, 15) is 9.59 Å². The molecule has 2 N–H and O–H groups in total. The van der Waals surface area contributed by atoms with Crippen LogP contribution in [0.2, 0.25) is 0 Å². The molecule has 6 heteroatoms. The van der Waals surface area contributed by atoms with Crippen LogP contribution in [0.15, 0.2) is 0 Å². The average molecular weight is 360 g/mol. The Morgan fingerprint density at radius 1 is 1.04 bits per heavy atom. The van der Waals surface area contributed by atoms with Crippen molar-refractivity contribution in [3.8, 4) is 0 Å². The number of hydrogen-bond acceptors (Lipinski definition) is 3. The number of nitrogens with zero attached hydrogens (tertiary/aromatic N) is 2. The monoisotopic (exact) mass is 359 g/mol. The van der Waals surface area contributed by atoms with Gasteiger partial charge in [-0.15, -0.1) is 12.4 Å². The summed E-state index contributed by atoms with van der Waals surface area (Å²) < 4.78 is 0. The van der Waals surface area contributed by atoms with E-state index in [0.717, 1.165) is 19.4 Å². The summed E-state index contributed by atoms with van der Waals surface area (Å²) in [5.74, 6) is 0.889. The van der Waals surface area contributed by atoms with Gasteiger partial charge in [0.2, 0.25) is 11.8 Å². The van der Waals surface area contributed by atoms with Gasteiger partial charge in [-0.1, -0.05) is 26.2 Å². The van der Waals surface area contributed by atoms with Crippen LogP contribution in [0, 0.1) is 5.92 Å². The maximum Gasteiger partial charge on any atom is 0.242 e. The fourth-order valence-corrected chi connectivity index (χ4v) is 3.95. The van der Waals surface area contributed by atoms with Crippen LogP contribution in [0.5, 0.6) is 0 Å². The topological polar surface area (TPSA) is 66.6 Å². The molecule has 1 heterocycles. The van der Waals surface area contributed by atoms with E-state index in [0.29, 0.717) is 38.4 Å². The molecule has 1 saturated carbocycles. The molecule has 0 bridgehead atoms. The van der Waals surface area contributed by atoms with Crippen molar-refractivity contribution >= 4 is 24.2 Å². The zero-order valence-electron chi connectivity index (χ0n) is 15.3. The second kappa shape index (κ2) is 9.62. The minimum atomic E-state index is -0.780. The van der Waals surface area contributed by atoms with E-state index in [2.05, 4.69) is 0 Å². The maximum absolute atomic E-state index is 12.6. The van der Waals surface area contributed by atoms with Crippen LogP contribution >= 0.6 is 12.4 Å². The fraction of sp³-hybridized carbons (Fsp3) is 0.889. The summed E-state index contributed by atoms with van der Waals surface area (Å²) >= 11 is 0. The van der Waals surface area contributed by atoms with Gasteiger partial charge in [0.15, 0.2) is 0 Å². The summed E-state index contributed by atoms with van der Waals surface area (Å²) in [4.78, 5) is 28.9. The summed E-state index contributed by atoms with van der Waals surface area (Å²) in [7, 11) is 0. The number of carbonyl (C=O) groups is 2. The van der Waals surface area contributed by atoms with Gasteiger partial charge in [0.1, 0.15) is 0 Å². The molecule has 0 aromatic heterocycles. The third kappa shape index (κ3) is 5.62. The van der Waals surface area contributed by atoms with Crippen LogP contribution in [0.4, 0.5) is 0 Å². The average Bonchev–Trinajstić information content (AvgIpc) is 2.88. The van der Waals surface area contributed by atoms with Crippen LogP contribution in [0.3, 0.4) is 0 Å². The number of amides is 2. The minimum Gasteiger partial charge on any atom is -0.341 e. The third-order valence-corrected chi connectivity index (χ3v) is 5.33. The van der Waals surface area contributed by atoms with Gasteiger partial charge < -0.3 is 15.5 Å². The predicted molar refractivity (Wildman–Crippen MR) is 99.1 cm³/mol. The lowest BCUT2D eigenvalue weighted by Crippen LogP contribution is -2.54. The van der Waals surface area contributed by atoms with Gasteiger partial charge in [-0.2, -0.15) is 0 Å². The molecule has 2 aliphatic rings. The fourth-order valence-electron chi connectivity index (χ4n) is 3.95. The maximum atomic E-state index is 12.6. The van der Waals surface area contributed by atoms with Crippen molar-refractivity contribution in [3.05, 3.63) is 0 Å². The van der Waals surface area contributed by atoms with Crippen molar-refractivity contribution in [2.45, 2.75) is 70.8 Å². The molecule has 2 fully saturated rings. The standard InChI is InChI=1S/C18H33N3O2.ClH/c1-3-9-18(2,19)17(23)21-11-6-10-20(12-13-21)16(22)14-15-7-4-5-8-15;/h15H,3-14,19H2,1-2H3;1H. The van der Waals surface area contributed by atoms with Crippen molar-refractivity contribution in [2.75, 3.05) is 26.2 Å². The SMILES string of the molecule is CCCC(C)(N)C(=O)N1CCCN(C(=O)CC2CCCC2)CC1.Cl. The van der Waals surface area contributed by atoms with E-state index in [1.165, 1.54) is 25.7 Å². The number of carbonyl (C=O) groups excluding carboxylic acids is 2. The summed E-state index contributed by atoms with van der Waals surface area (Å²) in [6.45, 7) is 6.62. The molecular formula is C18H34ClN3O2. The number of hydrogen-bond donors (Lipinski definition) is 1.